The SMILES string of the molecule is NC1Cc2cnc(C3CCCNC3)cc2C1. The maximum Gasteiger partial charge on any atom is 0.0450 e. The van der Waals surface area contributed by atoms with Crippen molar-refractivity contribution in [2.75, 3.05) is 13.1 Å². The Hall–Kier alpha value is -0.930. The van der Waals surface area contributed by atoms with E-state index in [1.54, 1.807) is 0 Å². The molecule has 2 unspecified atom stereocenters. The number of rotatable bonds is 1. The van der Waals surface area contributed by atoms with Gasteiger partial charge in [-0.25, -0.2) is 0 Å². The Bertz CT molecular complexity index is 383. The predicted molar refractivity (Wildman–Crippen MR) is 64.5 cm³/mol. The first-order valence-corrected chi connectivity index (χ1v) is 6.27. The van der Waals surface area contributed by atoms with E-state index in [-0.39, 0.29) is 0 Å². The fraction of sp³-hybridized carbons (Fsp3) is 0.615. The molecule has 1 aromatic rings. The minimum atomic E-state index is 0.316. The zero-order valence-electron chi connectivity index (χ0n) is 9.58. The van der Waals surface area contributed by atoms with Crippen LogP contribution >= 0.6 is 0 Å². The highest BCUT2D eigenvalue weighted by atomic mass is 14.9. The molecule has 1 aliphatic heterocycles. The molecular weight excluding hydrogens is 198 g/mol. The minimum Gasteiger partial charge on any atom is -0.327 e. The Morgan fingerprint density at radius 1 is 1.31 bits per heavy atom. The summed E-state index contributed by atoms with van der Waals surface area (Å²) >= 11 is 0. The molecule has 1 aromatic heterocycles. The molecule has 0 aromatic carbocycles. The summed E-state index contributed by atoms with van der Waals surface area (Å²) in [5.74, 6) is 0.607. The fourth-order valence-electron chi connectivity index (χ4n) is 2.88. The van der Waals surface area contributed by atoms with Gasteiger partial charge >= 0.3 is 0 Å². The normalized spacial score (nSPS) is 29.1. The van der Waals surface area contributed by atoms with Crippen molar-refractivity contribution >= 4 is 0 Å². The zero-order valence-corrected chi connectivity index (χ0v) is 9.58. The highest BCUT2D eigenvalue weighted by Gasteiger charge is 2.22. The summed E-state index contributed by atoms with van der Waals surface area (Å²) in [4.78, 5) is 4.61. The van der Waals surface area contributed by atoms with Crippen LogP contribution in [0.4, 0.5) is 0 Å². The van der Waals surface area contributed by atoms with Gasteiger partial charge in [-0.05, 0) is 49.4 Å². The molecule has 0 amide bonds. The third-order valence-corrected chi connectivity index (χ3v) is 3.78. The van der Waals surface area contributed by atoms with Gasteiger partial charge in [0.05, 0.1) is 0 Å². The van der Waals surface area contributed by atoms with Crippen LogP contribution in [0.2, 0.25) is 0 Å². The summed E-state index contributed by atoms with van der Waals surface area (Å²) in [5.41, 5.74) is 10.0. The number of hydrogen-bond donors (Lipinski definition) is 2. The second kappa shape index (κ2) is 4.15. The van der Waals surface area contributed by atoms with Crippen LogP contribution in [0.1, 0.15) is 35.6 Å². The number of nitrogens with one attached hydrogen (secondary N) is 1. The van der Waals surface area contributed by atoms with E-state index in [2.05, 4.69) is 16.4 Å². The summed E-state index contributed by atoms with van der Waals surface area (Å²) < 4.78 is 0. The predicted octanol–water partition coefficient (Wildman–Crippen LogP) is 0.974. The van der Waals surface area contributed by atoms with E-state index in [4.69, 9.17) is 5.73 Å². The molecular formula is C13H19N3. The largest absolute Gasteiger partial charge is 0.327 e. The topological polar surface area (TPSA) is 50.9 Å². The molecule has 2 heterocycles. The molecule has 3 rings (SSSR count). The number of nitrogens with zero attached hydrogens (tertiary/aromatic N) is 1. The minimum absolute atomic E-state index is 0.316. The molecule has 3 nitrogen and oxygen atoms in total. The summed E-state index contributed by atoms with van der Waals surface area (Å²) in [5, 5.41) is 3.45. The standard InChI is InChI=1S/C13H19N3/c14-12-4-10-6-13(16-8-11(10)5-12)9-2-1-3-15-7-9/h6,8-9,12,15H,1-5,7,14H2. The third-order valence-electron chi connectivity index (χ3n) is 3.78. The monoisotopic (exact) mass is 217 g/mol. The molecule has 0 bridgehead atoms. The van der Waals surface area contributed by atoms with Gasteiger partial charge in [0.15, 0.2) is 0 Å². The first kappa shape index (κ1) is 10.2. The third kappa shape index (κ3) is 1.85. The first-order chi connectivity index (χ1) is 7.83. The quantitative estimate of drug-likeness (QED) is 0.737. The maximum atomic E-state index is 5.97. The molecule has 3 heteroatoms. The Morgan fingerprint density at radius 2 is 2.19 bits per heavy atom. The van der Waals surface area contributed by atoms with Crippen molar-refractivity contribution in [3.05, 3.63) is 29.1 Å². The lowest BCUT2D eigenvalue weighted by molar-refractivity contribution is 0.454. The van der Waals surface area contributed by atoms with E-state index in [1.165, 1.54) is 29.7 Å². The molecule has 1 aliphatic carbocycles. The van der Waals surface area contributed by atoms with E-state index in [1.807, 2.05) is 6.20 Å². The maximum absolute atomic E-state index is 5.97. The molecule has 1 fully saturated rings. The Balaban J connectivity index is 1.84. The van der Waals surface area contributed by atoms with Gasteiger partial charge in [0.25, 0.3) is 0 Å². The highest BCUT2D eigenvalue weighted by Crippen LogP contribution is 2.26. The summed E-state index contributed by atoms with van der Waals surface area (Å²) in [7, 11) is 0. The lowest BCUT2D eigenvalue weighted by Crippen LogP contribution is -2.28. The average molecular weight is 217 g/mol. The van der Waals surface area contributed by atoms with Crippen LogP contribution in [0.3, 0.4) is 0 Å². The molecule has 1 saturated heterocycles. The van der Waals surface area contributed by atoms with Gasteiger partial charge in [-0.15, -0.1) is 0 Å². The zero-order chi connectivity index (χ0) is 11.0. The molecule has 16 heavy (non-hydrogen) atoms. The van der Waals surface area contributed by atoms with Gasteiger partial charge < -0.3 is 11.1 Å². The van der Waals surface area contributed by atoms with Crippen molar-refractivity contribution in [2.24, 2.45) is 5.73 Å². The van der Waals surface area contributed by atoms with E-state index in [9.17, 15) is 0 Å². The second-order valence-corrected chi connectivity index (χ2v) is 5.09. The van der Waals surface area contributed by atoms with E-state index in [0.29, 0.717) is 12.0 Å². The van der Waals surface area contributed by atoms with Crippen LogP contribution in [0.5, 0.6) is 0 Å². The van der Waals surface area contributed by atoms with E-state index < -0.39 is 0 Å². The van der Waals surface area contributed by atoms with Crippen molar-refractivity contribution in [3.8, 4) is 0 Å². The fourth-order valence-corrected chi connectivity index (χ4v) is 2.88. The number of hydrogen-bond acceptors (Lipinski definition) is 3. The Kier molecular flexibility index (Phi) is 2.65. The summed E-state index contributed by atoms with van der Waals surface area (Å²) in [6.07, 6.45) is 6.62. The van der Waals surface area contributed by atoms with Crippen molar-refractivity contribution < 1.29 is 0 Å². The molecule has 0 saturated carbocycles. The molecule has 0 spiro atoms. The number of piperidine rings is 1. The average Bonchev–Trinajstić information content (AvgIpc) is 2.69. The number of fused-ring (bicyclic) bond motifs is 1. The van der Waals surface area contributed by atoms with Gasteiger partial charge in [-0.3, -0.25) is 4.98 Å². The molecule has 2 aliphatic rings. The van der Waals surface area contributed by atoms with Crippen molar-refractivity contribution in [2.45, 2.75) is 37.6 Å². The van der Waals surface area contributed by atoms with E-state index in [0.717, 1.165) is 25.9 Å². The van der Waals surface area contributed by atoms with Gasteiger partial charge in [-0.2, -0.15) is 0 Å². The van der Waals surface area contributed by atoms with Crippen molar-refractivity contribution in [1.29, 1.82) is 0 Å². The van der Waals surface area contributed by atoms with E-state index >= 15 is 0 Å². The lowest BCUT2D eigenvalue weighted by atomic mass is 9.94. The van der Waals surface area contributed by atoms with Crippen LogP contribution in [-0.2, 0) is 12.8 Å². The van der Waals surface area contributed by atoms with Crippen LogP contribution in [-0.4, -0.2) is 24.1 Å². The van der Waals surface area contributed by atoms with Gasteiger partial charge in [0.1, 0.15) is 0 Å². The van der Waals surface area contributed by atoms with Gasteiger partial charge in [0.2, 0.25) is 0 Å². The number of pyridine rings is 1. The van der Waals surface area contributed by atoms with Gasteiger partial charge in [-0.1, -0.05) is 0 Å². The molecule has 3 N–H and O–H groups in total. The van der Waals surface area contributed by atoms with Crippen molar-refractivity contribution in [3.63, 3.8) is 0 Å². The Labute approximate surface area is 96.4 Å². The smallest absolute Gasteiger partial charge is 0.0450 e. The van der Waals surface area contributed by atoms with Crippen molar-refractivity contribution in [1.82, 2.24) is 10.3 Å². The van der Waals surface area contributed by atoms with Crippen LogP contribution in [0.25, 0.3) is 0 Å². The lowest BCUT2D eigenvalue weighted by Gasteiger charge is -2.22. The highest BCUT2D eigenvalue weighted by molar-refractivity contribution is 5.34. The number of aromatic nitrogens is 1. The molecule has 86 valence electrons. The van der Waals surface area contributed by atoms with Crippen LogP contribution in [0.15, 0.2) is 12.3 Å². The van der Waals surface area contributed by atoms with Gasteiger partial charge in [0, 0.05) is 30.4 Å². The molecule has 2 atom stereocenters. The summed E-state index contributed by atoms with van der Waals surface area (Å²) in [6, 6.07) is 2.61. The first-order valence-electron chi connectivity index (χ1n) is 6.27. The number of nitrogens with two attached hydrogens (primary N) is 1. The van der Waals surface area contributed by atoms with Crippen LogP contribution < -0.4 is 11.1 Å². The Morgan fingerprint density at radius 3 is 3.00 bits per heavy atom. The molecule has 0 radical (unpaired) electrons. The summed E-state index contributed by atoms with van der Waals surface area (Å²) in [6.45, 7) is 2.24. The second-order valence-electron chi connectivity index (χ2n) is 5.09. The van der Waals surface area contributed by atoms with Crippen LogP contribution in [0, 0.1) is 0 Å².